The van der Waals surface area contributed by atoms with E-state index in [2.05, 4.69) is 20.2 Å². The molecule has 24 heavy (non-hydrogen) atoms. The third-order valence-corrected chi connectivity index (χ3v) is 5.07. The average Bonchev–Trinajstić information content (AvgIpc) is 3.00. The van der Waals surface area contributed by atoms with E-state index in [0.29, 0.717) is 28.3 Å². The van der Waals surface area contributed by atoms with Gasteiger partial charge in [-0.05, 0) is 26.0 Å². The molecule has 0 radical (unpaired) electrons. The third kappa shape index (κ3) is 3.79. The van der Waals surface area contributed by atoms with Crippen molar-refractivity contribution in [1.29, 1.82) is 0 Å². The molecule has 1 aliphatic rings. The molecule has 2 aromatic rings. The van der Waals surface area contributed by atoms with Crippen LogP contribution in [0.3, 0.4) is 0 Å². The summed E-state index contributed by atoms with van der Waals surface area (Å²) < 4.78 is 0.643. The van der Waals surface area contributed by atoms with E-state index in [0.717, 1.165) is 31.1 Å². The number of carbonyl (C=O) groups excluding carboxylic acids is 1. The summed E-state index contributed by atoms with van der Waals surface area (Å²) in [6, 6.07) is 5.54. The van der Waals surface area contributed by atoms with E-state index in [4.69, 9.17) is 11.6 Å². The predicted octanol–water partition coefficient (Wildman–Crippen LogP) is 2.89. The lowest BCUT2D eigenvalue weighted by Crippen LogP contribution is -2.49. The number of nitrogens with one attached hydrogen (secondary N) is 1. The summed E-state index contributed by atoms with van der Waals surface area (Å²) in [6.07, 6.45) is 0. The largest absolute Gasteiger partial charge is 0.354 e. The Morgan fingerprint density at radius 3 is 2.67 bits per heavy atom. The summed E-state index contributed by atoms with van der Waals surface area (Å²) in [5.41, 5.74) is 0.933. The average molecular weight is 366 g/mol. The van der Waals surface area contributed by atoms with Gasteiger partial charge in [-0.3, -0.25) is 4.79 Å². The number of nitrogens with zero attached hydrogens (tertiary/aromatic N) is 4. The van der Waals surface area contributed by atoms with Crippen molar-refractivity contribution in [3.05, 3.63) is 33.1 Å². The molecule has 0 spiro atoms. The van der Waals surface area contributed by atoms with E-state index in [-0.39, 0.29) is 5.91 Å². The van der Waals surface area contributed by atoms with Gasteiger partial charge in [0.25, 0.3) is 5.91 Å². The topological polar surface area (TPSA) is 61.4 Å². The predicted molar refractivity (Wildman–Crippen MR) is 98.4 cm³/mol. The Kier molecular flexibility index (Phi) is 5.20. The highest BCUT2D eigenvalue weighted by Crippen LogP contribution is 2.24. The first kappa shape index (κ1) is 17.0. The zero-order valence-corrected chi connectivity index (χ0v) is 15.3. The SMILES string of the molecule is CCNc1nc(C)cc(N2CCN(C(=O)c3ccc(Cl)s3)CC2)n1. The maximum Gasteiger partial charge on any atom is 0.264 e. The number of piperazine rings is 1. The molecule has 3 rings (SSSR count). The van der Waals surface area contributed by atoms with Crippen LogP contribution in [0.4, 0.5) is 11.8 Å². The van der Waals surface area contributed by atoms with Crippen molar-refractivity contribution < 1.29 is 4.79 Å². The number of rotatable bonds is 4. The maximum absolute atomic E-state index is 12.5. The van der Waals surface area contributed by atoms with Gasteiger partial charge in [0.2, 0.25) is 5.95 Å². The van der Waals surface area contributed by atoms with Gasteiger partial charge in [-0.25, -0.2) is 4.98 Å². The standard InChI is InChI=1S/C16H20ClN5OS/c1-3-18-16-19-11(2)10-14(20-16)21-6-8-22(9-7-21)15(23)12-4-5-13(17)24-12/h4-5,10H,3,6-9H2,1-2H3,(H,18,19,20). The van der Waals surface area contributed by atoms with Gasteiger partial charge in [-0.15, -0.1) is 11.3 Å². The van der Waals surface area contributed by atoms with Crippen LogP contribution >= 0.6 is 22.9 Å². The van der Waals surface area contributed by atoms with Crippen molar-refractivity contribution in [1.82, 2.24) is 14.9 Å². The van der Waals surface area contributed by atoms with Gasteiger partial charge in [0.15, 0.2) is 0 Å². The molecule has 0 atom stereocenters. The first-order valence-corrected chi connectivity index (χ1v) is 9.15. The zero-order valence-electron chi connectivity index (χ0n) is 13.8. The molecule has 1 amide bonds. The lowest BCUT2D eigenvalue weighted by Gasteiger charge is -2.35. The molecule has 6 nitrogen and oxygen atoms in total. The van der Waals surface area contributed by atoms with Crippen LogP contribution in [0.25, 0.3) is 0 Å². The molecule has 1 aliphatic heterocycles. The minimum absolute atomic E-state index is 0.0544. The first-order chi connectivity index (χ1) is 11.6. The van der Waals surface area contributed by atoms with E-state index in [1.165, 1.54) is 11.3 Å². The normalized spacial score (nSPS) is 14.8. The van der Waals surface area contributed by atoms with Crippen molar-refractivity contribution >= 4 is 40.6 Å². The number of hydrogen-bond donors (Lipinski definition) is 1. The highest BCUT2D eigenvalue weighted by molar-refractivity contribution is 7.17. The Labute approximate surface area is 150 Å². The molecule has 1 fully saturated rings. The highest BCUT2D eigenvalue weighted by atomic mass is 35.5. The molecule has 2 aromatic heterocycles. The quantitative estimate of drug-likeness (QED) is 0.902. The van der Waals surface area contributed by atoms with Gasteiger partial charge in [0.1, 0.15) is 5.82 Å². The molecular formula is C16H20ClN5OS. The van der Waals surface area contributed by atoms with Crippen LogP contribution in [0.1, 0.15) is 22.3 Å². The van der Waals surface area contributed by atoms with Crippen LogP contribution in [0.5, 0.6) is 0 Å². The number of aryl methyl sites for hydroxylation is 1. The van der Waals surface area contributed by atoms with E-state index >= 15 is 0 Å². The Balaban J connectivity index is 1.65. The molecule has 0 unspecified atom stereocenters. The molecule has 128 valence electrons. The minimum Gasteiger partial charge on any atom is -0.354 e. The van der Waals surface area contributed by atoms with E-state index in [1.54, 1.807) is 12.1 Å². The van der Waals surface area contributed by atoms with Crippen LogP contribution in [0.15, 0.2) is 18.2 Å². The summed E-state index contributed by atoms with van der Waals surface area (Å²) in [5, 5.41) is 3.15. The van der Waals surface area contributed by atoms with Gasteiger partial charge in [0.05, 0.1) is 9.21 Å². The maximum atomic E-state index is 12.5. The summed E-state index contributed by atoms with van der Waals surface area (Å²) in [4.78, 5) is 26.2. The van der Waals surface area contributed by atoms with E-state index < -0.39 is 0 Å². The van der Waals surface area contributed by atoms with Crippen LogP contribution < -0.4 is 10.2 Å². The number of aromatic nitrogens is 2. The monoisotopic (exact) mass is 365 g/mol. The molecule has 0 bridgehead atoms. The second-order valence-corrected chi connectivity index (χ2v) is 7.32. The molecule has 0 saturated carbocycles. The van der Waals surface area contributed by atoms with Gasteiger partial charge in [0, 0.05) is 44.5 Å². The highest BCUT2D eigenvalue weighted by Gasteiger charge is 2.24. The second kappa shape index (κ2) is 7.36. The Hall–Kier alpha value is -1.86. The minimum atomic E-state index is 0.0544. The number of anilines is 2. The van der Waals surface area contributed by atoms with Crippen LogP contribution in [0, 0.1) is 6.92 Å². The van der Waals surface area contributed by atoms with Crippen molar-refractivity contribution in [3.63, 3.8) is 0 Å². The Bertz CT molecular complexity index is 727. The van der Waals surface area contributed by atoms with Crippen molar-refractivity contribution in [2.45, 2.75) is 13.8 Å². The lowest BCUT2D eigenvalue weighted by atomic mass is 10.2. The lowest BCUT2D eigenvalue weighted by molar-refractivity contribution is 0.0751. The number of hydrogen-bond acceptors (Lipinski definition) is 6. The molecular weight excluding hydrogens is 346 g/mol. The number of amides is 1. The first-order valence-electron chi connectivity index (χ1n) is 7.96. The Morgan fingerprint density at radius 1 is 1.29 bits per heavy atom. The van der Waals surface area contributed by atoms with Crippen LogP contribution in [0.2, 0.25) is 4.34 Å². The molecule has 0 aromatic carbocycles. The summed E-state index contributed by atoms with van der Waals surface area (Å²) in [5.74, 6) is 1.61. The van der Waals surface area contributed by atoms with Gasteiger partial charge < -0.3 is 15.1 Å². The van der Waals surface area contributed by atoms with Crippen molar-refractivity contribution in [2.75, 3.05) is 42.9 Å². The molecule has 8 heteroatoms. The van der Waals surface area contributed by atoms with Crippen molar-refractivity contribution in [2.24, 2.45) is 0 Å². The van der Waals surface area contributed by atoms with Gasteiger partial charge in [-0.1, -0.05) is 11.6 Å². The fourth-order valence-electron chi connectivity index (χ4n) is 2.67. The molecule has 1 saturated heterocycles. The van der Waals surface area contributed by atoms with E-state index in [9.17, 15) is 4.79 Å². The Morgan fingerprint density at radius 2 is 2.04 bits per heavy atom. The fourth-order valence-corrected chi connectivity index (χ4v) is 3.69. The molecule has 3 heterocycles. The fraction of sp³-hybridized carbons (Fsp3) is 0.438. The van der Waals surface area contributed by atoms with Crippen LogP contribution in [-0.4, -0.2) is 53.5 Å². The number of halogens is 1. The smallest absolute Gasteiger partial charge is 0.264 e. The third-order valence-electron chi connectivity index (χ3n) is 3.85. The number of thiophene rings is 1. The second-order valence-electron chi connectivity index (χ2n) is 5.60. The van der Waals surface area contributed by atoms with E-state index in [1.807, 2.05) is 24.8 Å². The summed E-state index contributed by atoms with van der Waals surface area (Å²) in [6.45, 7) is 7.63. The van der Waals surface area contributed by atoms with Gasteiger partial charge >= 0.3 is 0 Å². The molecule has 1 N–H and O–H groups in total. The molecule has 0 aliphatic carbocycles. The van der Waals surface area contributed by atoms with Crippen molar-refractivity contribution in [3.8, 4) is 0 Å². The summed E-state index contributed by atoms with van der Waals surface area (Å²) >= 11 is 7.25. The van der Waals surface area contributed by atoms with Crippen LogP contribution in [-0.2, 0) is 0 Å². The number of carbonyl (C=O) groups is 1. The van der Waals surface area contributed by atoms with Gasteiger partial charge in [-0.2, -0.15) is 4.98 Å². The zero-order chi connectivity index (χ0) is 17.1. The summed E-state index contributed by atoms with van der Waals surface area (Å²) in [7, 11) is 0.